The molecule has 0 radical (unpaired) electrons. The van der Waals surface area contributed by atoms with Gasteiger partial charge in [-0.1, -0.05) is 47.6 Å². The first-order chi connectivity index (χ1) is 11.6. The fourth-order valence-corrected chi connectivity index (χ4v) is 3.65. The number of likely N-dealkylation sites (N-methyl/N-ethyl adjacent to an activating group) is 1. The highest BCUT2D eigenvalue weighted by molar-refractivity contribution is 8.04. The van der Waals surface area contributed by atoms with Gasteiger partial charge in [-0.05, 0) is 35.9 Å². The smallest absolute Gasteiger partial charge is 0.265 e. The number of thioether (sulfide) groups is 1. The number of para-hydroxylation sites is 1. The Hall–Kier alpha value is -2.24. The number of amides is 2. The predicted molar refractivity (Wildman–Crippen MR) is 98.1 cm³/mol. The third-order valence-electron chi connectivity index (χ3n) is 3.56. The summed E-state index contributed by atoms with van der Waals surface area (Å²) in [4.78, 5) is 27.6. The van der Waals surface area contributed by atoms with E-state index in [-0.39, 0.29) is 18.4 Å². The van der Waals surface area contributed by atoms with Gasteiger partial charge in [0.2, 0.25) is 5.91 Å². The molecule has 4 nitrogen and oxygen atoms in total. The van der Waals surface area contributed by atoms with Gasteiger partial charge in [-0.3, -0.25) is 14.5 Å². The summed E-state index contributed by atoms with van der Waals surface area (Å²) in [6.07, 6.45) is 1.80. The van der Waals surface area contributed by atoms with Crippen LogP contribution in [0.25, 0.3) is 6.08 Å². The molecular formula is C18H15ClN2O2S. The van der Waals surface area contributed by atoms with Gasteiger partial charge in [0.05, 0.1) is 10.6 Å². The summed E-state index contributed by atoms with van der Waals surface area (Å²) in [6, 6.07) is 14.9. The van der Waals surface area contributed by atoms with Crippen LogP contribution in [0.5, 0.6) is 0 Å². The Morgan fingerprint density at radius 2 is 2.04 bits per heavy atom. The molecule has 0 atom stereocenters. The Morgan fingerprint density at radius 3 is 2.79 bits per heavy atom. The van der Waals surface area contributed by atoms with Gasteiger partial charge in [0.1, 0.15) is 6.54 Å². The SMILES string of the molecule is CNC(=O)CN1C(=O)C(=Cc2cccc(Cl)c2)Sc2ccccc21. The number of nitrogens with one attached hydrogen (secondary N) is 1. The minimum Gasteiger partial charge on any atom is -0.358 e. The van der Waals surface area contributed by atoms with Crippen LogP contribution in [-0.4, -0.2) is 25.4 Å². The summed E-state index contributed by atoms with van der Waals surface area (Å²) >= 11 is 7.41. The average Bonchev–Trinajstić information content (AvgIpc) is 2.58. The lowest BCUT2D eigenvalue weighted by atomic mass is 10.2. The lowest BCUT2D eigenvalue weighted by Crippen LogP contribution is -2.41. The first kappa shape index (κ1) is 16.6. The maximum absolute atomic E-state index is 12.9. The highest BCUT2D eigenvalue weighted by Gasteiger charge is 2.30. The topological polar surface area (TPSA) is 49.4 Å². The minimum atomic E-state index is -0.216. The number of anilines is 1. The summed E-state index contributed by atoms with van der Waals surface area (Å²) in [6.45, 7) is -0.0141. The lowest BCUT2D eigenvalue weighted by Gasteiger charge is -2.29. The highest BCUT2D eigenvalue weighted by Crippen LogP contribution is 2.41. The maximum Gasteiger partial charge on any atom is 0.265 e. The van der Waals surface area contributed by atoms with E-state index in [1.807, 2.05) is 36.4 Å². The Bertz CT molecular complexity index is 835. The molecule has 0 fully saturated rings. The van der Waals surface area contributed by atoms with Crippen molar-refractivity contribution in [1.29, 1.82) is 0 Å². The van der Waals surface area contributed by atoms with Gasteiger partial charge >= 0.3 is 0 Å². The van der Waals surface area contributed by atoms with E-state index in [0.29, 0.717) is 9.93 Å². The fraction of sp³-hybridized carbons (Fsp3) is 0.111. The summed E-state index contributed by atoms with van der Waals surface area (Å²) in [5.41, 5.74) is 1.59. The van der Waals surface area contributed by atoms with E-state index in [4.69, 9.17) is 11.6 Å². The number of carbonyl (C=O) groups is 2. The monoisotopic (exact) mass is 358 g/mol. The van der Waals surface area contributed by atoms with Crippen LogP contribution in [0.15, 0.2) is 58.3 Å². The largest absolute Gasteiger partial charge is 0.358 e. The third kappa shape index (κ3) is 3.47. The number of nitrogens with zero attached hydrogens (tertiary/aromatic N) is 1. The Kier molecular flexibility index (Phi) is 4.92. The molecule has 1 aliphatic heterocycles. The molecule has 0 bridgehead atoms. The third-order valence-corrected chi connectivity index (χ3v) is 4.87. The number of hydrogen-bond donors (Lipinski definition) is 1. The molecule has 2 amide bonds. The van der Waals surface area contributed by atoms with Gasteiger partial charge in [0.25, 0.3) is 5.91 Å². The zero-order valence-electron chi connectivity index (χ0n) is 13.0. The Morgan fingerprint density at radius 1 is 1.25 bits per heavy atom. The second-order valence-corrected chi connectivity index (χ2v) is 6.72. The van der Waals surface area contributed by atoms with E-state index in [0.717, 1.165) is 16.1 Å². The number of benzene rings is 2. The summed E-state index contributed by atoms with van der Waals surface area (Å²) in [7, 11) is 1.56. The number of halogens is 1. The molecule has 0 aliphatic carbocycles. The van der Waals surface area contributed by atoms with Crippen LogP contribution in [0.3, 0.4) is 0 Å². The molecule has 2 aromatic rings. The molecular weight excluding hydrogens is 344 g/mol. The zero-order chi connectivity index (χ0) is 17.1. The maximum atomic E-state index is 12.9. The van der Waals surface area contributed by atoms with Crippen molar-refractivity contribution in [2.75, 3.05) is 18.5 Å². The second-order valence-electron chi connectivity index (χ2n) is 5.20. The van der Waals surface area contributed by atoms with Gasteiger partial charge in [-0.15, -0.1) is 0 Å². The molecule has 1 heterocycles. The predicted octanol–water partition coefficient (Wildman–Crippen LogP) is 3.57. The van der Waals surface area contributed by atoms with Crippen molar-refractivity contribution in [3.8, 4) is 0 Å². The first-order valence-electron chi connectivity index (χ1n) is 7.35. The van der Waals surface area contributed by atoms with E-state index in [1.54, 1.807) is 25.3 Å². The van der Waals surface area contributed by atoms with Gasteiger partial charge in [0, 0.05) is 17.0 Å². The van der Waals surface area contributed by atoms with E-state index < -0.39 is 0 Å². The summed E-state index contributed by atoms with van der Waals surface area (Å²) < 4.78 is 0. The van der Waals surface area contributed by atoms with Crippen LogP contribution in [-0.2, 0) is 9.59 Å². The fourth-order valence-electron chi connectivity index (χ4n) is 2.39. The molecule has 0 unspecified atom stereocenters. The van der Waals surface area contributed by atoms with E-state index >= 15 is 0 Å². The second kappa shape index (κ2) is 7.11. The standard InChI is InChI=1S/C18H15ClN2O2S/c1-20-17(22)11-21-14-7-2-3-8-15(14)24-16(18(21)23)10-12-5-4-6-13(19)9-12/h2-10H,11H2,1H3,(H,20,22). The number of fused-ring (bicyclic) bond motifs is 1. The van der Waals surface area contributed by atoms with Crippen molar-refractivity contribution in [2.45, 2.75) is 4.90 Å². The molecule has 0 spiro atoms. The molecule has 3 rings (SSSR count). The van der Waals surface area contributed by atoms with Crippen molar-refractivity contribution in [3.63, 3.8) is 0 Å². The molecule has 122 valence electrons. The van der Waals surface area contributed by atoms with Crippen molar-refractivity contribution < 1.29 is 9.59 Å². The molecule has 6 heteroatoms. The van der Waals surface area contributed by atoms with Gasteiger partial charge in [-0.25, -0.2) is 0 Å². The van der Waals surface area contributed by atoms with Crippen molar-refractivity contribution >= 4 is 46.9 Å². The van der Waals surface area contributed by atoms with Crippen molar-refractivity contribution in [1.82, 2.24) is 5.32 Å². The van der Waals surface area contributed by atoms with Crippen molar-refractivity contribution in [3.05, 3.63) is 64.0 Å². The van der Waals surface area contributed by atoms with Gasteiger partial charge in [-0.2, -0.15) is 0 Å². The van der Waals surface area contributed by atoms with Gasteiger partial charge in [0.15, 0.2) is 0 Å². The zero-order valence-corrected chi connectivity index (χ0v) is 14.5. The molecule has 0 saturated carbocycles. The number of carbonyl (C=O) groups excluding carboxylic acids is 2. The highest BCUT2D eigenvalue weighted by atomic mass is 35.5. The normalized spacial score (nSPS) is 15.3. The van der Waals surface area contributed by atoms with Crippen LogP contribution in [0.4, 0.5) is 5.69 Å². The van der Waals surface area contributed by atoms with Crippen LogP contribution < -0.4 is 10.2 Å². The van der Waals surface area contributed by atoms with Crippen molar-refractivity contribution in [2.24, 2.45) is 0 Å². The first-order valence-corrected chi connectivity index (χ1v) is 8.54. The lowest BCUT2D eigenvalue weighted by molar-refractivity contribution is -0.122. The Balaban J connectivity index is 2.01. The molecule has 1 N–H and O–H groups in total. The molecule has 2 aromatic carbocycles. The molecule has 24 heavy (non-hydrogen) atoms. The molecule has 1 aliphatic rings. The molecule has 0 aromatic heterocycles. The average molecular weight is 359 g/mol. The molecule has 0 saturated heterocycles. The van der Waals surface area contributed by atoms with Gasteiger partial charge < -0.3 is 5.32 Å². The van der Waals surface area contributed by atoms with Crippen LogP contribution in [0.2, 0.25) is 5.02 Å². The Labute approximate surface area is 149 Å². The quantitative estimate of drug-likeness (QED) is 0.853. The van der Waals surface area contributed by atoms with E-state index in [2.05, 4.69) is 5.32 Å². The summed E-state index contributed by atoms with van der Waals surface area (Å²) in [5, 5.41) is 3.17. The summed E-state index contributed by atoms with van der Waals surface area (Å²) in [5.74, 6) is -0.408. The number of rotatable bonds is 3. The number of hydrogen-bond acceptors (Lipinski definition) is 3. The van der Waals surface area contributed by atoms with Crippen LogP contribution >= 0.6 is 23.4 Å². The van der Waals surface area contributed by atoms with Crippen LogP contribution in [0.1, 0.15) is 5.56 Å². The van der Waals surface area contributed by atoms with E-state index in [1.165, 1.54) is 16.7 Å². The minimum absolute atomic E-state index is 0.0141. The van der Waals surface area contributed by atoms with Crippen LogP contribution in [0, 0.1) is 0 Å². The van der Waals surface area contributed by atoms with E-state index in [9.17, 15) is 9.59 Å².